The molecule has 0 radical (unpaired) electrons. The van der Waals surface area contributed by atoms with Crippen molar-refractivity contribution in [3.8, 4) is 17.6 Å². The molecule has 0 heterocycles. The maximum Gasteiger partial charge on any atom is 0.174 e. The average Bonchev–Trinajstić information content (AvgIpc) is 2.17. The smallest absolute Gasteiger partial charge is 0.174 e. The lowest BCUT2D eigenvalue weighted by Crippen LogP contribution is -1.95. The van der Waals surface area contributed by atoms with Crippen LogP contribution in [0.3, 0.4) is 0 Å². The molecule has 4 heteroatoms. The summed E-state index contributed by atoms with van der Waals surface area (Å²) in [6, 6.07) is 5.85. The van der Waals surface area contributed by atoms with Crippen molar-refractivity contribution in [3.05, 3.63) is 21.3 Å². The zero-order valence-corrected chi connectivity index (χ0v) is 10.2. The third kappa shape index (κ3) is 2.29. The number of ether oxygens (including phenoxy) is 2. The lowest BCUT2D eigenvalue weighted by Gasteiger charge is -2.10. The summed E-state index contributed by atoms with van der Waals surface area (Å²) < 4.78 is 11.3. The van der Waals surface area contributed by atoms with E-state index in [0.717, 1.165) is 14.9 Å². The Kier molecular flexibility index (Phi) is 4.01. The highest BCUT2D eigenvalue weighted by molar-refractivity contribution is 14.1. The van der Waals surface area contributed by atoms with Gasteiger partial charge in [0.25, 0.3) is 0 Å². The van der Waals surface area contributed by atoms with E-state index in [9.17, 15) is 0 Å². The summed E-state index contributed by atoms with van der Waals surface area (Å²) in [4.78, 5) is 0. The lowest BCUT2D eigenvalue weighted by molar-refractivity contribution is 0.352. The Labute approximate surface area is 96.8 Å². The number of nitriles is 1. The van der Waals surface area contributed by atoms with Gasteiger partial charge in [-0.15, -0.1) is 0 Å². The molecule has 0 N–H and O–H groups in total. The molecule has 0 aromatic heterocycles. The molecule has 1 aromatic carbocycles. The number of rotatable bonds is 3. The van der Waals surface area contributed by atoms with Crippen LogP contribution in [0.4, 0.5) is 0 Å². The molecular formula is C10H10INO2. The summed E-state index contributed by atoms with van der Waals surface area (Å²) in [5, 5.41) is 8.58. The monoisotopic (exact) mass is 303 g/mol. The van der Waals surface area contributed by atoms with Gasteiger partial charge in [-0.25, -0.2) is 0 Å². The van der Waals surface area contributed by atoms with Crippen LogP contribution in [0.25, 0.3) is 0 Å². The predicted molar refractivity (Wildman–Crippen MR) is 61.6 cm³/mol. The Balaban J connectivity index is 3.18. The molecule has 1 rings (SSSR count). The maximum atomic E-state index is 8.58. The molecule has 0 saturated heterocycles. The summed E-state index contributed by atoms with van der Waals surface area (Å²) in [6.45, 7) is 0. The first-order valence-corrected chi connectivity index (χ1v) is 5.08. The zero-order chi connectivity index (χ0) is 10.6. The fraction of sp³-hybridized carbons (Fsp3) is 0.300. The van der Waals surface area contributed by atoms with Crippen molar-refractivity contribution in [3.63, 3.8) is 0 Å². The van der Waals surface area contributed by atoms with E-state index < -0.39 is 0 Å². The van der Waals surface area contributed by atoms with Gasteiger partial charge in [0.1, 0.15) is 0 Å². The molecule has 0 fully saturated rings. The van der Waals surface area contributed by atoms with Crippen LogP contribution in [0.15, 0.2) is 12.1 Å². The number of halogens is 1. The largest absolute Gasteiger partial charge is 0.493 e. The quantitative estimate of drug-likeness (QED) is 0.805. The molecule has 0 aliphatic rings. The van der Waals surface area contributed by atoms with Crippen LogP contribution in [0.2, 0.25) is 0 Å². The van der Waals surface area contributed by atoms with Crippen LogP contribution < -0.4 is 9.47 Å². The first-order chi connectivity index (χ1) is 6.72. The second-order valence-electron chi connectivity index (χ2n) is 2.65. The molecule has 0 spiro atoms. The van der Waals surface area contributed by atoms with Gasteiger partial charge in [-0.3, -0.25) is 0 Å². The molecular weight excluding hydrogens is 293 g/mol. The molecule has 1 aromatic rings. The second kappa shape index (κ2) is 5.05. The first-order valence-electron chi connectivity index (χ1n) is 4.00. The fourth-order valence-electron chi connectivity index (χ4n) is 1.16. The van der Waals surface area contributed by atoms with Crippen molar-refractivity contribution in [2.45, 2.75) is 6.42 Å². The molecule has 0 unspecified atom stereocenters. The topological polar surface area (TPSA) is 42.2 Å². The molecule has 3 nitrogen and oxygen atoms in total. The third-order valence-corrected chi connectivity index (χ3v) is 2.58. The van der Waals surface area contributed by atoms with Crippen molar-refractivity contribution in [1.82, 2.24) is 0 Å². The molecule has 0 amide bonds. The van der Waals surface area contributed by atoms with E-state index >= 15 is 0 Å². The summed E-state index contributed by atoms with van der Waals surface area (Å²) >= 11 is 2.16. The number of nitrogens with zero attached hydrogens (tertiary/aromatic N) is 1. The highest BCUT2D eigenvalue weighted by Crippen LogP contribution is 2.33. The average molecular weight is 303 g/mol. The Morgan fingerprint density at radius 2 is 2.07 bits per heavy atom. The minimum absolute atomic E-state index is 0.385. The summed E-state index contributed by atoms with van der Waals surface area (Å²) in [6.07, 6.45) is 0.385. The van der Waals surface area contributed by atoms with Gasteiger partial charge in [0.2, 0.25) is 0 Å². The van der Waals surface area contributed by atoms with Crippen molar-refractivity contribution in [2.24, 2.45) is 0 Å². The molecule has 74 valence electrons. The normalized spacial score (nSPS) is 9.29. The standard InChI is InChI=1S/C10H10INO2/c1-13-9-6-7(3-4-12)5-8(11)10(9)14-2/h5-6H,3H2,1-2H3. The van der Waals surface area contributed by atoms with Crippen LogP contribution in [0.1, 0.15) is 5.56 Å². The van der Waals surface area contributed by atoms with Gasteiger partial charge in [-0.2, -0.15) is 5.26 Å². The van der Waals surface area contributed by atoms with E-state index in [-0.39, 0.29) is 0 Å². The SMILES string of the molecule is COc1cc(CC#N)cc(I)c1OC. The van der Waals surface area contributed by atoms with Gasteiger partial charge >= 0.3 is 0 Å². The van der Waals surface area contributed by atoms with Crippen LogP contribution in [0.5, 0.6) is 11.5 Å². The highest BCUT2D eigenvalue weighted by atomic mass is 127. The second-order valence-corrected chi connectivity index (χ2v) is 3.81. The fourth-order valence-corrected chi connectivity index (χ4v) is 2.05. The van der Waals surface area contributed by atoms with Crippen molar-refractivity contribution in [1.29, 1.82) is 5.26 Å². The third-order valence-electron chi connectivity index (χ3n) is 1.78. The van der Waals surface area contributed by atoms with Crippen molar-refractivity contribution in [2.75, 3.05) is 14.2 Å². The highest BCUT2D eigenvalue weighted by Gasteiger charge is 2.09. The van der Waals surface area contributed by atoms with Gasteiger partial charge in [0.15, 0.2) is 11.5 Å². The zero-order valence-electron chi connectivity index (χ0n) is 8.00. The van der Waals surface area contributed by atoms with Crippen molar-refractivity contribution < 1.29 is 9.47 Å². The minimum atomic E-state index is 0.385. The summed E-state index contributed by atoms with van der Waals surface area (Å²) in [7, 11) is 3.19. The Hall–Kier alpha value is -0.960. The van der Waals surface area contributed by atoms with Crippen LogP contribution in [-0.2, 0) is 6.42 Å². The van der Waals surface area contributed by atoms with Crippen LogP contribution >= 0.6 is 22.6 Å². The van der Waals surface area contributed by atoms with E-state index in [4.69, 9.17) is 14.7 Å². The maximum absolute atomic E-state index is 8.58. The Morgan fingerprint density at radius 3 is 2.57 bits per heavy atom. The molecule has 0 saturated carbocycles. The Morgan fingerprint density at radius 1 is 1.36 bits per heavy atom. The van der Waals surface area contributed by atoms with E-state index in [2.05, 4.69) is 28.7 Å². The predicted octanol–water partition coefficient (Wildman–Crippen LogP) is 2.37. The van der Waals surface area contributed by atoms with Crippen molar-refractivity contribution >= 4 is 22.6 Å². The number of hydrogen-bond donors (Lipinski definition) is 0. The van der Waals surface area contributed by atoms with E-state index in [1.807, 2.05) is 12.1 Å². The van der Waals surface area contributed by atoms with Gasteiger partial charge in [0, 0.05) is 0 Å². The minimum Gasteiger partial charge on any atom is -0.493 e. The molecule has 14 heavy (non-hydrogen) atoms. The van der Waals surface area contributed by atoms with E-state index in [0.29, 0.717) is 12.2 Å². The van der Waals surface area contributed by atoms with Gasteiger partial charge in [0.05, 0.1) is 30.3 Å². The molecule has 0 aliphatic carbocycles. The van der Waals surface area contributed by atoms with Crippen LogP contribution in [-0.4, -0.2) is 14.2 Å². The molecule has 0 atom stereocenters. The first kappa shape index (κ1) is 11.1. The lowest BCUT2D eigenvalue weighted by atomic mass is 10.1. The Bertz CT molecular complexity index is 371. The summed E-state index contributed by atoms with van der Waals surface area (Å²) in [5.74, 6) is 1.39. The van der Waals surface area contributed by atoms with Gasteiger partial charge in [-0.05, 0) is 40.3 Å². The molecule has 0 aliphatic heterocycles. The van der Waals surface area contributed by atoms with Crippen LogP contribution in [0, 0.1) is 14.9 Å². The number of methoxy groups -OCH3 is 2. The summed E-state index contributed by atoms with van der Waals surface area (Å²) in [5.41, 5.74) is 0.939. The van der Waals surface area contributed by atoms with E-state index in [1.165, 1.54) is 0 Å². The van der Waals surface area contributed by atoms with Gasteiger partial charge < -0.3 is 9.47 Å². The van der Waals surface area contributed by atoms with Gasteiger partial charge in [-0.1, -0.05) is 0 Å². The number of benzene rings is 1. The molecule has 0 bridgehead atoms. The number of hydrogen-bond acceptors (Lipinski definition) is 3. The van der Waals surface area contributed by atoms with E-state index in [1.54, 1.807) is 14.2 Å².